The van der Waals surface area contributed by atoms with Crippen molar-refractivity contribution in [1.82, 2.24) is 0 Å². The maximum atomic E-state index is 12.4. The van der Waals surface area contributed by atoms with Crippen LogP contribution in [0.5, 0.6) is 0 Å². The predicted molar refractivity (Wildman–Crippen MR) is 87.5 cm³/mol. The van der Waals surface area contributed by atoms with Gasteiger partial charge in [0.05, 0.1) is 23.3 Å². The molecule has 0 atom stereocenters. The second-order valence-electron chi connectivity index (χ2n) is 4.58. The van der Waals surface area contributed by atoms with Crippen LogP contribution in [0.15, 0.2) is 51.8 Å². The van der Waals surface area contributed by atoms with Gasteiger partial charge in [-0.05, 0) is 42.8 Å². The zero-order valence-electron chi connectivity index (χ0n) is 12.0. The Hall–Kier alpha value is -1.86. The summed E-state index contributed by atoms with van der Waals surface area (Å²) in [5.74, 6) is -0.525. The highest BCUT2D eigenvalue weighted by molar-refractivity contribution is 9.10. The van der Waals surface area contributed by atoms with Crippen molar-refractivity contribution in [2.45, 2.75) is 11.8 Å². The second kappa shape index (κ2) is 6.50. The van der Waals surface area contributed by atoms with Crippen LogP contribution in [0.4, 0.5) is 5.69 Å². The smallest absolute Gasteiger partial charge is 0.337 e. The van der Waals surface area contributed by atoms with Gasteiger partial charge in [-0.3, -0.25) is 4.72 Å². The number of methoxy groups -OCH3 is 1. The topological polar surface area (TPSA) is 72.5 Å². The van der Waals surface area contributed by atoms with Crippen LogP contribution in [0.3, 0.4) is 0 Å². The van der Waals surface area contributed by atoms with E-state index in [1.807, 2.05) is 0 Å². The first kappa shape index (κ1) is 16.5. The minimum absolute atomic E-state index is 0.129. The van der Waals surface area contributed by atoms with Gasteiger partial charge in [0, 0.05) is 4.47 Å². The fourth-order valence-electron chi connectivity index (χ4n) is 1.81. The molecule has 116 valence electrons. The lowest BCUT2D eigenvalue weighted by Crippen LogP contribution is -2.14. The van der Waals surface area contributed by atoms with Crippen molar-refractivity contribution in [3.05, 3.63) is 58.1 Å². The van der Waals surface area contributed by atoms with Crippen molar-refractivity contribution >= 4 is 37.6 Å². The van der Waals surface area contributed by atoms with E-state index in [-0.39, 0.29) is 10.5 Å². The van der Waals surface area contributed by atoms with Crippen LogP contribution in [0.25, 0.3) is 0 Å². The van der Waals surface area contributed by atoms with Gasteiger partial charge < -0.3 is 4.74 Å². The first-order chi connectivity index (χ1) is 10.3. The summed E-state index contributed by atoms with van der Waals surface area (Å²) in [5.41, 5.74) is 1.31. The molecule has 0 aliphatic rings. The van der Waals surface area contributed by atoms with E-state index in [4.69, 9.17) is 0 Å². The number of ether oxygens (including phenoxy) is 1. The molecule has 0 aromatic heterocycles. The number of carbonyl (C=O) groups excluding carboxylic acids is 1. The molecule has 5 nitrogen and oxygen atoms in total. The van der Waals surface area contributed by atoms with E-state index in [1.165, 1.54) is 25.3 Å². The maximum Gasteiger partial charge on any atom is 0.337 e. The summed E-state index contributed by atoms with van der Waals surface area (Å²) < 4.78 is 32.6. The fourth-order valence-corrected chi connectivity index (χ4v) is 3.53. The Bertz CT molecular complexity index is 818. The molecule has 0 aliphatic carbocycles. The number of anilines is 1. The van der Waals surface area contributed by atoms with E-state index >= 15 is 0 Å². The quantitative estimate of drug-likeness (QED) is 0.821. The predicted octanol–water partition coefficient (Wildman–Crippen LogP) is 3.34. The number of halogens is 1. The molecule has 0 amide bonds. The molecule has 1 N–H and O–H groups in total. The molecule has 0 fully saturated rings. The number of aryl methyl sites for hydroxylation is 1. The largest absolute Gasteiger partial charge is 0.465 e. The van der Waals surface area contributed by atoms with Gasteiger partial charge in [0.15, 0.2) is 0 Å². The van der Waals surface area contributed by atoms with Gasteiger partial charge in [0.1, 0.15) is 0 Å². The Morgan fingerprint density at radius 1 is 1.18 bits per heavy atom. The van der Waals surface area contributed by atoms with Gasteiger partial charge in [0.2, 0.25) is 0 Å². The van der Waals surface area contributed by atoms with Crippen molar-refractivity contribution in [3.63, 3.8) is 0 Å². The maximum absolute atomic E-state index is 12.4. The van der Waals surface area contributed by atoms with Crippen LogP contribution in [-0.2, 0) is 14.8 Å². The fraction of sp³-hybridized carbons (Fsp3) is 0.133. The molecule has 0 bridgehead atoms. The van der Waals surface area contributed by atoms with Crippen LogP contribution in [0.1, 0.15) is 15.9 Å². The average molecular weight is 384 g/mol. The molecule has 2 aromatic rings. The Labute approximate surface area is 137 Å². The number of carbonyl (C=O) groups is 1. The van der Waals surface area contributed by atoms with Gasteiger partial charge >= 0.3 is 5.97 Å². The minimum atomic E-state index is -3.74. The van der Waals surface area contributed by atoms with Crippen LogP contribution in [0, 0.1) is 6.92 Å². The van der Waals surface area contributed by atoms with Crippen molar-refractivity contribution in [2.24, 2.45) is 0 Å². The molecule has 7 heteroatoms. The molecule has 2 rings (SSSR count). The SMILES string of the molecule is COC(=O)c1ccc(C)c(NS(=O)(=O)c2cccc(Br)c2)c1. The van der Waals surface area contributed by atoms with Gasteiger partial charge in [-0.2, -0.15) is 0 Å². The third-order valence-electron chi connectivity index (χ3n) is 3.01. The summed E-state index contributed by atoms with van der Waals surface area (Å²) in [5, 5.41) is 0. The lowest BCUT2D eigenvalue weighted by atomic mass is 10.1. The Morgan fingerprint density at radius 3 is 2.55 bits per heavy atom. The summed E-state index contributed by atoms with van der Waals surface area (Å²) >= 11 is 3.24. The van der Waals surface area contributed by atoms with Crippen molar-refractivity contribution in [1.29, 1.82) is 0 Å². The minimum Gasteiger partial charge on any atom is -0.465 e. The highest BCUT2D eigenvalue weighted by atomic mass is 79.9. The van der Waals surface area contributed by atoms with E-state index < -0.39 is 16.0 Å². The van der Waals surface area contributed by atoms with Crippen LogP contribution >= 0.6 is 15.9 Å². The number of sulfonamides is 1. The highest BCUT2D eigenvalue weighted by Crippen LogP contribution is 2.23. The molecule has 0 heterocycles. The standard InChI is InChI=1S/C15H14BrNO4S/c1-10-6-7-11(15(18)21-2)8-14(10)17-22(19,20)13-5-3-4-12(16)9-13/h3-9,17H,1-2H3. The lowest BCUT2D eigenvalue weighted by molar-refractivity contribution is 0.0601. The lowest BCUT2D eigenvalue weighted by Gasteiger charge is -2.12. The zero-order chi connectivity index (χ0) is 16.3. The number of benzene rings is 2. The van der Waals surface area contributed by atoms with Crippen LogP contribution in [-0.4, -0.2) is 21.5 Å². The summed E-state index contributed by atoms with van der Waals surface area (Å²) in [6, 6.07) is 11.1. The monoisotopic (exact) mass is 383 g/mol. The summed E-state index contributed by atoms with van der Waals surface area (Å²) in [7, 11) is -2.47. The molecule has 2 aromatic carbocycles. The van der Waals surface area contributed by atoms with Crippen molar-refractivity contribution < 1.29 is 17.9 Å². The van der Waals surface area contributed by atoms with Crippen LogP contribution < -0.4 is 4.72 Å². The zero-order valence-corrected chi connectivity index (χ0v) is 14.4. The molecule has 0 radical (unpaired) electrons. The van der Waals surface area contributed by atoms with Crippen molar-refractivity contribution in [2.75, 3.05) is 11.8 Å². The number of rotatable bonds is 4. The molecular formula is C15H14BrNO4S. The van der Waals surface area contributed by atoms with Crippen LogP contribution in [0.2, 0.25) is 0 Å². The Morgan fingerprint density at radius 2 is 1.91 bits per heavy atom. The van der Waals surface area contributed by atoms with Gasteiger partial charge in [-0.1, -0.05) is 28.1 Å². The second-order valence-corrected chi connectivity index (χ2v) is 7.18. The molecule has 0 spiro atoms. The number of hydrogen-bond acceptors (Lipinski definition) is 4. The molecule has 0 saturated carbocycles. The van der Waals surface area contributed by atoms with E-state index in [2.05, 4.69) is 25.4 Å². The first-order valence-corrected chi connectivity index (χ1v) is 8.58. The van der Waals surface area contributed by atoms with Gasteiger partial charge in [0.25, 0.3) is 10.0 Å². The first-order valence-electron chi connectivity index (χ1n) is 6.31. The molecular weight excluding hydrogens is 370 g/mol. The Balaban J connectivity index is 2.39. The average Bonchev–Trinajstić information content (AvgIpc) is 2.48. The normalized spacial score (nSPS) is 11.0. The molecule has 0 aliphatic heterocycles. The molecule has 22 heavy (non-hydrogen) atoms. The van der Waals surface area contributed by atoms with E-state index in [0.29, 0.717) is 15.7 Å². The Kier molecular flexibility index (Phi) is 4.87. The summed E-state index contributed by atoms with van der Waals surface area (Å²) in [6.07, 6.45) is 0. The number of esters is 1. The third-order valence-corrected chi connectivity index (χ3v) is 4.87. The van der Waals surface area contributed by atoms with E-state index in [9.17, 15) is 13.2 Å². The molecule has 0 saturated heterocycles. The van der Waals surface area contributed by atoms with Crippen molar-refractivity contribution in [3.8, 4) is 0 Å². The molecule has 0 unspecified atom stereocenters. The van der Waals surface area contributed by atoms with Gasteiger partial charge in [-0.15, -0.1) is 0 Å². The summed E-state index contributed by atoms with van der Waals surface area (Å²) in [4.78, 5) is 11.7. The number of nitrogens with one attached hydrogen (secondary N) is 1. The number of hydrogen-bond donors (Lipinski definition) is 1. The van der Waals surface area contributed by atoms with E-state index in [0.717, 1.165) is 0 Å². The van der Waals surface area contributed by atoms with E-state index in [1.54, 1.807) is 31.2 Å². The third kappa shape index (κ3) is 3.66. The summed E-state index contributed by atoms with van der Waals surface area (Å²) in [6.45, 7) is 1.75. The highest BCUT2D eigenvalue weighted by Gasteiger charge is 2.17. The van der Waals surface area contributed by atoms with Gasteiger partial charge in [-0.25, -0.2) is 13.2 Å².